The molecule has 1 saturated heterocycles. The Kier molecular flexibility index (Phi) is 8.58. The first-order valence-corrected chi connectivity index (χ1v) is 15.6. The molecule has 46 heavy (non-hydrogen) atoms. The van der Waals surface area contributed by atoms with Gasteiger partial charge in [-0.3, -0.25) is 4.68 Å². The van der Waals surface area contributed by atoms with E-state index >= 15 is 0 Å². The summed E-state index contributed by atoms with van der Waals surface area (Å²) in [6, 6.07) is 15.7. The number of halogens is 3. The first-order chi connectivity index (χ1) is 21.9. The van der Waals surface area contributed by atoms with Crippen molar-refractivity contribution >= 4 is 11.7 Å². The number of carboxylic acids is 1. The van der Waals surface area contributed by atoms with Gasteiger partial charge in [-0.1, -0.05) is 29.4 Å². The highest BCUT2D eigenvalue weighted by molar-refractivity contribution is 5.87. The Morgan fingerprint density at radius 3 is 2.33 bits per heavy atom. The molecule has 0 amide bonds. The third-order valence-corrected chi connectivity index (χ3v) is 8.66. The van der Waals surface area contributed by atoms with Gasteiger partial charge in [0.15, 0.2) is 0 Å². The molecule has 0 bridgehead atoms. The fraction of sp³-hybridized carbons (Fsp3) is 0.441. The average Bonchev–Trinajstić information content (AvgIpc) is 3.58. The van der Waals surface area contributed by atoms with E-state index in [1.54, 1.807) is 18.2 Å². The zero-order chi connectivity index (χ0) is 32.7. The van der Waals surface area contributed by atoms with E-state index in [2.05, 4.69) is 33.7 Å². The lowest BCUT2D eigenvalue weighted by molar-refractivity contribution is -0.274. The minimum atomic E-state index is -4.84. The molecule has 0 unspecified atom stereocenters. The van der Waals surface area contributed by atoms with Gasteiger partial charge in [0.1, 0.15) is 22.9 Å². The lowest BCUT2D eigenvalue weighted by Gasteiger charge is -2.44. The van der Waals surface area contributed by atoms with Crippen LogP contribution in [0.4, 0.5) is 18.9 Å². The molecule has 12 heteroatoms. The van der Waals surface area contributed by atoms with E-state index in [1.807, 2.05) is 38.1 Å². The molecule has 1 saturated carbocycles. The molecule has 2 aliphatic rings. The van der Waals surface area contributed by atoms with E-state index in [0.29, 0.717) is 22.7 Å². The van der Waals surface area contributed by atoms with Crippen LogP contribution in [0.25, 0.3) is 22.5 Å². The molecule has 4 aromatic rings. The van der Waals surface area contributed by atoms with Crippen molar-refractivity contribution in [2.75, 3.05) is 4.90 Å². The highest BCUT2D eigenvalue weighted by Gasteiger charge is 2.37. The third kappa shape index (κ3) is 6.62. The fourth-order valence-corrected chi connectivity index (χ4v) is 6.47. The van der Waals surface area contributed by atoms with E-state index in [-0.39, 0.29) is 53.8 Å². The van der Waals surface area contributed by atoms with Crippen molar-refractivity contribution in [3.8, 4) is 28.3 Å². The normalized spacial score (nSPS) is 20.3. The maximum Gasteiger partial charge on any atom is 0.573 e. The molecule has 1 aliphatic heterocycles. The van der Waals surface area contributed by atoms with Crippen LogP contribution >= 0.6 is 0 Å². The molecule has 6 rings (SSSR count). The zero-order valence-corrected chi connectivity index (χ0v) is 26.1. The van der Waals surface area contributed by atoms with Crippen LogP contribution in [0.5, 0.6) is 5.75 Å². The molecule has 3 atom stereocenters. The summed E-state index contributed by atoms with van der Waals surface area (Å²) in [5.74, 6) is -0.484. The average molecular weight is 639 g/mol. The molecule has 0 radical (unpaired) electrons. The van der Waals surface area contributed by atoms with Gasteiger partial charge < -0.3 is 24.0 Å². The van der Waals surface area contributed by atoms with Crippen LogP contribution in [0, 0.1) is 0 Å². The predicted octanol–water partition coefficient (Wildman–Crippen LogP) is 8.22. The van der Waals surface area contributed by atoms with Crippen molar-refractivity contribution in [3.63, 3.8) is 0 Å². The Bertz CT molecular complexity index is 1680. The summed E-state index contributed by atoms with van der Waals surface area (Å²) >= 11 is 0. The third-order valence-electron chi connectivity index (χ3n) is 8.66. The summed E-state index contributed by atoms with van der Waals surface area (Å²) < 4.78 is 57.4. The summed E-state index contributed by atoms with van der Waals surface area (Å²) in [6.45, 7) is 8.26. The molecular weight excluding hydrogens is 601 g/mol. The van der Waals surface area contributed by atoms with Gasteiger partial charge in [0, 0.05) is 46.4 Å². The molecule has 0 spiro atoms. The fourth-order valence-electron chi connectivity index (χ4n) is 6.47. The second-order valence-electron chi connectivity index (χ2n) is 12.5. The Balaban J connectivity index is 1.16. The number of carboxylic acid groups (broad SMARTS) is 1. The number of para-hydroxylation sites is 1. The lowest BCUT2D eigenvalue weighted by Crippen LogP contribution is -2.49. The van der Waals surface area contributed by atoms with Gasteiger partial charge in [0.25, 0.3) is 0 Å². The number of benzene rings is 2. The van der Waals surface area contributed by atoms with Crippen LogP contribution in [0.1, 0.15) is 87.2 Å². The Labute approximate surface area is 264 Å². The summed E-state index contributed by atoms with van der Waals surface area (Å²) in [6.07, 6.45) is -1.54. The number of nitrogens with zero attached hydrogens (tertiary/aromatic N) is 4. The van der Waals surface area contributed by atoms with Crippen LogP contribution in [0.3, 0.4) is 0 Å². The maximum absolute atomic E-state index is 13.1. The van der Waals surface area contributed by atoms with Gasteiger partial charge in [-0.2, -0.15) is 5.10 Å². The molecule has 9 nitrogen and oxygen atoms in total. The number of aromatic nitrogens is 3. The Hall–Kier alpha value is -4.32. The lowest BCUT2D eigenvalue weighted by atomic mass is 9.93. The largest absolute Gasteiger partial charge is 0.573 e. The summed E-state index contributed by atoms with van der Waals surface area (Å²) in [5.41, 5.74) is 3.84. The van der Waals surface area contributed by atoms with Crippen LogP contribution in [-0.4, -0.2) is 50.6 Å². The van der Waals surface area contributed by atoms with Crippen LogP contribution in [0.15, 0.2) is 59.1 Å². The second kappa shape index (κ2) is 12.5. The number of aromatic carboxylic acids is 1. The monoisotopic (exact) mass is 638 g/mol. The van der Waals surface area contributed by atoms with Gasteiger partial charge in [0.05, 0.1) is 18.4 Å². The van der Waals surface area contributed by atoms with Crippen molar-refractivity contribution in [1.29, 1.82) is 0 Å². The molecule has 3 heterocycles. The van der Waals surface area contributed by atoms with Crippen LogP contribution in [0.2, 0.25) is 0 Å². The second-order valence-corrected chi connectivity index (χ2v) is 12.5. The van der Waals surface area contributed by atoms with Crippen molar-refractivity contribution in [1.82, 2.24) is 14.9 Å². The highest BCUT2D eigenvalue weighted by atomic mass is 19.4. The van der Waals surface area contributed by atoms with Gasteiger partial charge >= 0.3 is 12.3 Å². The Morgan fingerprint density at radius 2 is 1.74 bits per heavy atom. The molecule has 2 aromatic carbocycles. The van der Waals surface area contributed by atoms with E-state index < -0.39 is 12.3 Å². The number of carbonyl (C=O) groups is 1. The first-order valence-electron chi connectivity index (χ1n) is 15.6. The molecular formula is C34H37F3N4O5. The topological polar surface area (TPSA) is 103 Å². The number of anilines is 1. The minimum absolute atomic E-state index is 0.0774. The summed E-state index contributed by atoms with van der Waals surface area (Å²) in [5, 5.41) is 18.3. The predicted molar refractivity (Wildman–Crippen MR) is 165 cm³/mol. The smallest absolute Gasteiger partial charge is 0.477 e. The van der Waals surface area contributed by atoms with Crippen molar-refractivity contribution in [2.45, 2.75) is 96.5 Å². The number of ether oxygens (including phenoxy) is 2. The molecule has 2 aromatic heterocycles. The number of alkyl halides is 3. The van der Waals surface area contributed by atoms with Gasteiger partial charge in [-0.15, -0.1) is 13.2 Å². The molecule has 1 aliphatic carbocycles. The number of hydrogen-bond donors (Lipinski definition) is 1. The van der Waals surface area contributed by atoms with Crippen molar-refractivity contribution in [2.24, 2.45) is 0 Å². The zero-order valence-electron chi connectivity index (χ0n) is 26.1. The van der Waals surface area contributed by atoms with Gasteiger partial charge in [-0.05, 0) is 83.7 Å². The minimum Gasteiger partial charge on any atom is -0.477 e. The SMILES string of the molecule is CC(C)n1nc(-c2ccc(N3[C@H](C)C[C@H](OCc4c(-c5ccccc5OC(F)(F)F)noc4C4CC4)C[C@@H]3C)cc2)cc1C(=O)O. The summed E-state index contributed by atoms with van der Waals surface area (Å²) in [7, 11) is 0. The van der Waals surface area contributed by atoms with E-state index in [4.69, 9.17) is 9.26 Å². The van der Waals surface area contributed by atoms with E-state index in [9.17, 15) is 23.1 Å². The quantitative estimate of drug-likeness (QED) is 0.185. The van der Waals surface area contributed by atoms with E-state index in [1.165, 1.54) is 16.8 Å². The molecule has 2 fully saturated rings. The van der Waals surface area contributed by atoms with Crippen molar-refractivity contribution < 1.29 is 37.1 Å². The van der Waals surface area contributed by atoms with Gasteiger partial charge in [0.2, 0.25) is 0 Å². The maximum atomic E-state index is 13.1. The standard InChI is InChI=1S/C34H37F3N4O5/c1-19(2)41-29(33(42)43)17-28(38-41)22-11-13-24(14-12-22)40-20(3)15-25(16-21(40)4)44-18-27-31(39-46-32(27)23-9-10-23)26-7-5-6-8-30(26)45-34(35,36)37/h5-8,11-14,17,19-21,23,25H,9-10,15-16,18H2,1-4H3,(H,42,43)/t20-,21+,25+. The van der Waals surface area contributed by atoms with Crippen LogP contribution in [-0.2, 0) is 11.3 Å². The highest BCUT2D eigenvalue weighted by Crippen LogP contribution is 2.46. The number of rotatable bonds is 10. The summed E-state index contributed by atoms with van der Waals surface area (Å²) in [4.78, 5) is 14.1. The first kappa shape index (κ1) is 31.7. The van der Waals surface area contributed by atoms with Gasteiger partial charge in [-0.25, -0.2) is 4.79 Å². The van der Waals surface area contributed by atoms with Crippen LogP contribution < -0.4 is 9.64 Å². The molecule has 244 valence electrons. The number of hydrogen-bond acceptors (Lipinski definition) is 7. The van der Waals surface area contributed by atoms with E-state index in [0.717, 1.165) is 36.9 Å². The molecule has 1 N–H and O–H groups in total. The Morgan fingerprint density at radius 1 is 1.07 bits per heavy atom. The number of piperidine rings is 1. The van der Waals surface area contributed by atoms with Crippen molar-refractivity contribution in [3.05, 3.63) is 71.6 Å².